The van der Waals surface area contributed by atoms with Gasteiger partial charge in [0.1, 0.15) is 37.6 Å². The van der Waals surface area contributed by atoms with Gasteiger partial charge in [-0.2, -0.15) is 0 Å². The summed E-state index contributed by atoms with van der Waals surface area (Å²) in [4.78, 5) is 108. The third kappa shape index (κ3) is 14.8. The number of carbonyl (C=O) groups excluding carboxylic acids is 7. The molecule has 2 N–H and O–H groups in total. The second-order valence-corrected chi connectivity index (χ2v) is 39.6. The summed E-state index contributed by atoms with van der Waals surface area (Å²) in [6, 6.07) is 27.3. The van der Waals surface area contributed by atoms with E-state index < -0.39 is 70.2 Å². The average molecular weight is 1340 g/mol. The Morgan fingerprint density at radius 1 is 0.604 bits per heavy atom. The molecule has 11 rings (SSSR count). The van der Waals surface area contributed by atoms with Crippen molar-refractivity contribution in [2.45, 2.75) is 135 Å². The highest BCUT2D eigenvalue weighted by molar-refractivity contribution is 6.76. The second-order valence-electron chi connectivity index (χ2n) is 28.4. The maximum Gasteiger partial charge on any atom is 0.411 e. The number of anilines is 3. The van der Waals surface area contributed by atoms with E-state index in [0.29, 0.717) is 71.7 Å². The van der Waals surface area contributed by atoms with E-state index in [-0.39, 0.29) is 73.8 Å². The van der Waals surface area contributed by atoms with Crippen LogP contribution in [-0.4, -0.2) is 158 Å². The number of hydrogen-bond donors (Lipinski definition) is 2. The number of hydrogen-bond acceptors (Lipinski definition) is 14. The van der Waals surface area contributed by atoms with E-state index in [4.69, 9.17) is 33.2 Å². The molecule has 23 heteroatoms. The van der Waals surface area contributed by atoms with Crippen LogP contribution < -0.4 is 39.4 Å². The summed E-state index contributed by atoms with van der Waals surface area (Å²) in [6.07, 6.45) is 5.38. The van der Waals surface area contributed by atoms with E-state index in [2.05, 4.69) is 49.9 Å². The van der Waals surface area contributed by atoms with Gasteiger partial charge in [0, 0.05) is 97.0 Å². The summed E-state index contributed by atoms with van der Waals surface area (Å²) < 4.78 is 43.0. The van der Waals surface area contributed by atoms with Gasteiger partial charge in [0.2, 0.25) is 11.8 Å². The lowest BCUT2D eigenvalue weighted by molar-refractivity contribution is -0.130. The summed E-state index contributed by atoms with van der Waals surface area (Å²) in [5.74, 6) is -1.01. The van der Waals surface area contributed by atoms with Gasteiger partial charge < -0.3 is 53.6 Å². The normalized spacial score (nSPS) is 18.1. The fourth-order valence-corrected chi connectivity index (χ4v) is 14.4. The maximum atomic E-state index is 15.0. The molecule has 1 saturated carbocycles. The molecule has 1 fully saturated rings. The van der Waals surface area contributed by atoms with Crippen molar-refractivity contribution in [3.8, 4) is 34.1 Å². The molecule has 7 amide bonds. The zero-order valence-electron chi connectivity index (χ0n) is 57.1. The molecule has 5 aromatic carbocycles. The monoisotopic (exact) mass is 1340 g/mol. The lowest BCUT2D eigenvalue weighted by atomic mass is 10.0. The van der Waals surface area contributed by atoms with Crippen molar-refractivity contribution in [3.63, 3.8) is 0 Å². The first-order valence-corrected chi connectivity index (χ1v) is 40.6. The van der Waals surface area contributed by atoms with Crippen LogP contribution >= 0.6 is 0 Å². The maximum absolute atomic E-state index is 15.0. The predicted octanol–water partition coefficient (Wildman–Crippen LogP) is 11.9. The Bertz CT molecular complexity index is 3850. The highest BCUT2D eigenvalue weighted by Gasteiger charge is 2.47. The quantitative estimate of drug-likeness (QED) is 0.0369. The largest absolute Gasteiger partial charge is 0.493 e. The van der Waals surface area contributed by atoms with Crippen LogP contribution in [0.1, 0.15) is 96.4 Å². The van der Waals surface area contributed by atoms with E-state index >= 15 is 4.79 Å². The molecular weight excluding hydrogens is 1260 g/mol. The number of rotatable bonds is 27. The number of ether oxygens (including phenoxy) is 7. The van der Waals surface area contributed by atoms with E-state index in [1.165, 1.54) is 36.0 Å². The summed E-state index contributed by atoms with van der Waals surface area (Å²) in [5, 5.41) is 5.68. The number of amides is 7. The Morgan fingerprint density at radius 3 is 1.59 bits per heavy atom. The van der Waals surface area contributed by atoms with Crippen molar-refractivity contribution >= 4 is 80.3 Å². The number of nitrogens with zero attached hydrogens (tertiary/aromatic N) is 5. The molecule has 0 spiro atoms. The molecule has 4 aliphatic heterocycles. The molecule has 4 atom stereocenters. The number of likely N-dealkylation sites (N-methyl/N-ethyl adjacent to an activating group) is 1. The minimum atomic E-state index is -1.54. The van der Waals surface area contributed by atoms with Gasteiger partial charge >= 0.3 is 6.09 Å². The summed E-state index contributed by atoms with van der Waals surface area (Å²) >= 11 is 0. The van der Waals surface area contributed by atoms with Crippen molar-refractivity contribution in [2.24, 2.45) is 11.8 Å². The van der Waals surface area contributed by atoms with Crippen LogP contribution in [0.2, 0.25) is 51.4 Å². The molecule has 96 heavy (non-hydrogen) atoms. The van der Waals surface area contributed by atoms with Crippen LogP contribution in [0.15, 0.2) is 115 Å². The first-order chi connectivity index (χ1) is 45.8. The van der Waals surface area contributed by atoms with Crippen LogP contribution in [0.25, 0.3) is 16.7 Å². The SMILES string of the molecule is COc1cc2c(cc1OCCCOc1cc3c(cc1OC)C(=O)N1C=C(C4CC4)CC1C(=O)N3COCC[Si](C)(C)C)N(COCC[Si](C)(C)C)C(=O)C1CC(c3ccc(NC(=O)[C@H](C)NC(=O)[C@H](C(C)C)N(C)C(=O)OC4c5ccccc5-c5ccccc54)cc3)=CN1C2=O. The van der Waals surface area contributed by atoms with Crippen LogP contribution in [0.5, 0.6) is 23.0 Å². The van der Waals surface area contributed by atoms with Gasteiger partial charge in [0.25, 0.3) is 23.6 Å². The van der Waals surface area contributed by atoms with E-state index in [0.717, 1.165) is 58.3 Å². The van der Waals surface area contributed by atoms with Crippen molar-refractivity contribution in [1.82, 2.24) is 20.0 Å². The molecular formula is C73H89N7O14Si2. The summed E-state index contributed by atoms with van der Waals surface area (Å²) in [5.41, 5.74) is 7.91. The van der Waals surface area contributed by atoms with Crippen molar-refractivity contribution in [1.29, 1.82) is 0 Å². The summed E-state index contributed by atoms with van der Waals surface area (Å²) in [6.45, 7) is 19.8. The van der Waals surface area contributed by atoms with Gasteiger partial charge in [-0.1, -0.05) is 114 Å². The highest BCUT2D eigenvalue weighted by Crippen LogP contribution is 2.48. The fraction of sp³-hybridized carbons (Fsp3) is 0.438. The number of fused-ring (bicyclic) bond motifs is 7. The fourth-order valence-electron chi connectivity index (χ4n) is 12.9. The Kier molecular flexibility index (Phi) is 20.4. The molecule has 0 aromatic heterocycles. The van der Waals surface area contributed by atoms with Gasteiger partial charge in [0.15, 0.2) is 29.1 Å². The predicted molar refractivity (Wildman–Crippen MR) is 372 cm³/mol. The van der Waals surface area contributed by atoms with Crippen molar-refractivity contribution < 1.29 is 66.7 Å². The minimum absolute atomic E-state index is 0.0209. The number of methoxy groups -OCH3 is 2. The lowest BCUT2D eigenvalue weighted by Crippen LogP contribution is -2.54. The highest BCUT2D eigenvalue weighted by atomic mass is 28.3. The lowest BCUT2D eigenvalue weighted by Gasteiger charge is -2.31. The molecule has 5 aromatic rings. The van der Waals surface area contributed by atoms with Crippen LogP contribution in [0, 0.1) is 11.8 Å². The smallest absolute Gasteiger partial charge is 0.411 e. The molecule has 0 radical (unpaired) electrons. The molecule has 4 heterocycles. The van der Waals surface area contributed by atoms with E-state index in [1.54, 1.807) is 71.5 Å². The van der Waals surface area contributed by atoms with E-state index in [9.17, 15) is 28.8 Å². The van der Waals surface area contributed by atoms with Gasteiger partial charge in [-0.25, -0.2) is 4.79 Å². The number of benzene rings is 5. The number of nitrogens with one attached hydrogen (secondary N) is 2. The molecule has 2 unspecified atom stereocenters. The molecule has 0 bridgehead atoms. The Labute approximate surface area is 564 Å². The third-order valence-corrected chi connectivity index (χ3v) is 21.9. The molecule has 2 aliphatic carbocycles. The third-order valence-electron chi connectivity index (χ3n) is 18.5. The standard InChI is InChI=1S/C73H89N7O14Si2/c1-44(2)65(76(4)73(87)94-66-53-20-15-13-18-51(53)52-19-14-16-21-54(52)66)68(82)74-45(3)67(81)75-50-26-24-47(25-27-50)49-35-60-72(86)80(43-91-31-33-96(10,11)12)58-39-64(62(89-6)37-56(58)70(84)78(60)41-49)93-29-17-28-92-63-38-57-55(36-61(63)88-5)69(83)77-40-48(46-22-23-46)34-59(77)71(85)79(57)42-90-30-32-95(7,8)9/h13-16,18-21,24-27,36-41,44-46,59-60,65-66H,17,22-23,28-35,42-43H2,1-12H3,(H,74,82)(H,75,81)/t45-,59?,60?,65-/m0/s1. The molecule has 21 nitrogen and oxygen atoms in total. The Hall–Kier alpha value is -8.78. The van der Waals surface area contributed by atoms with Crippen LogP contribution in [-0.2, 0) is 33.4 Å². The topological polar surface area (TPSA) is 224 Å². The van der Waals surface area contributed by atoms with Crippen LogP contribution in [0.3, 0.4) is 0 Å². The van der Waals surface area contributed by atoms with Crippen molar-refractivity contribution in [2.75, 3.05) is 76.3 Å². The first-order valence-electron chi connectivity index (χ1n) is 33.2. The van der Waals surface area contributed by atoms with Crippen LogP contribution in [0.4, 0.5) is 21.9 Å². The van der Waals surface area contributed by atoms with Gasteiger partial charge in [-0.05, 0) is 95.8 Å². The van der Waals surface area contributed by atoms with Crippen molar-refractivity contribution in [3.05, 3.63) is 143 Å². The second kappa shape index (κ2) is 28.5. The average Bonchev–Trinajstić information content (AvgIpc) is 1.60. The zero-order chi connectivity index (χ0) is 68.5. The Balaban J connectivity index is 0.746. The molecule has 6 aliphatic rings. The van der Waals surface area contributed by atoms with Gasteiger partial charge in [-0.3, -0.25) is 43.5 Å². The van der Waals surface area contributed by atoms with E-state index in [1.807, 2.05) is 68.6 Å². The number of carbonyl (C=O) groups is 7. The van der Waals surface area contributed by atoms with Gasteiger partial charge in [0.05, 0.1) is 49.9 Å². The first kappa shape index (κ1) is 68.6. The summed E-state index contributed by atoms with van der Waals surface area (Å²) in [7, 11) is 1.53. The zero-order valence-corrected chi connectivity index (χ0v) is 59.1. The molecule has 0 saturated heterocycles. The van der Waals surface area contributed by atoms with Gasteiger partial charge in [-0.15, -0.1) is 0 Å². The molecule has 508 valence electrons. The Morgan fingerprint density at radius 2 is 1.10 bits per heavy atom. The minimum Gasteiger partial charge on any atom is -0.493 e.